The van der Waals surface area contributed by atoms with Crippen LogP contribution in [0.15, 0.2) is 0 Å². The van der Waals surface area contributed by atoms with Crippen LogP contribution in [0.2, 0.25) is 0 Å². The van der Waals surface area contributed by atoms with Gasteiger partial charge in [0.2, 0.25) is 0 Å². The molecule has 9 nitrogen and oxygen atoms in total. The van der Waals surface area contributed by atoms with E-state index in [2.05, 4.69) is 39.5 Å². The van der Waals surface area contributed by atoms with Crippen molar-refractivity contribution in [3.8, 4) is 0 Å². The first kappa shape index (κ1) is 37.0. The minimum absolute atomic E-state index is 0. The zero-order chi connectivity index (χ0) is 35.1. The summed E-state index contributed by atoms with van der Waals surface area (Å²) in [6.45, 7) is 19.0. The van der Waals surface area contributed by atoms with Crippen molar-refractivity contribution in [3.05, 3.63) is 0 Å². The van der Waals surface area contributed by atoms with Crippen molar-refractivity contribution in [2.45, 2.75) is 161 Å². The van der Waals surface area contributed by atoms with Crippen LogP contribution in [0, 0.1) is 45.3 Å². The lowest BCUT2D eigenvalue weighted by Gasteiger charge is -2.60. The van der Waals surface area contributed by atoms with Gasteiger partial charge in [0.15, 0.2) is 12.4 Å². The number of carbonyl (C=O) groups excluding carboxylic acids is 1. The second-order valence-corrected chi connectivity index (χ2v) is 18.9. The topological polar surface area (TPSA) is 118 Å². The van der Waals surface area contributed by atoms with Crippen LogP contribution in [0.25, 0.3) is 0 Å². The molecule has 2 heterocycles. The van der Waals surface area contributed by atoms with Crippen molar-refractivity contribution in [3.63, 3.8) is 0 Å². The summed E-state index contributed by atoms with van der Waals surface area (Å²) in [4.78, 5) is 14.3. The Morgan fingerprint density at radius 3 is 2.35 bits per heavy atom. The summed E-state index contributed by atoms with van der Waals surface area (Å²) < 4.78 is 25.6. The van der Waals surface area contributed by atoms with Gasteiger partial charge < -0.3 is 34.3 Å². The Hall–Kier alpha value is -0.810. The number of morpholine rings is 1. The third kappa shape index (κ3) is 5.72. The van der Waals surface area contributed by atoms with Crippen LogP contribution in [0.3, 0.4) is 0 Å². The summed E-state index contributed by atoms with van der Waals surface area (Å²) in [5.74, 6) is 2.30. The molecule has 5 aliphatic carbocycles. The van der Waals surface area contributed by atoms with E-state index in [1.807, 2.05) is 0 Å². The number of aliphatic hydroxyl groups excluding tert-OH is 2. The van der Waals surface area contributed by atoms with Gasteiger partial charge in [0, 0.05) is 27.5 Å². The lowest BCUT2D eigenvalue weighted by molar-refractivity contribution is -0.251. The number of esters is 1. The molecule has 0 aromatic heterocycles. The molecule has 5 saturated carbocycles. The highest BCUT2D eigenvalue weighted by molar-refractivity contribution is 5.66. The number of aliphatic hydroxyl groups is 3. The largest absolute Gasteiger partial charge is 0.457 e. The third-order valence-electron chi connectivity index (χ3n) is 15.5. The van der Waals surface area contributed by atoms with Crippen LogP contribution in [0.4, 0.5) is 0 Å². The zero-order valence-electron chi connectivity index (χ0n) is 31.4. The first-order valence-corrected chi connectivity index (χ1v) is 19.1. The summed E-state index contributed by atoms with van der Waals surface area (Å²) >= 11 is 0. The molecule has 7 rings (SSSR count). The number of rotatable bonds is 7. The SMILES string of the molecule is CC(=O)O[C@@H](C1CCC2C(CC3C4CCC5C(C)(C)[C@@H](OC6CN(C(C)(C)CO)CCO6)CCC56C[C@@]46CCC23C)O1)C(C)(C)O.CO.[HH]. The monoisotopic (exact) mass is 680 g/mol. The van der Waals surface area contributed by atoms with Gasteiger partial charge in [-0.2, -0.15) is 0 Å². The first-order valence-electron chi connectivity index (χ1n) is 19.1. The number of carbonyl (C=O) groups is 1. The van der Waals surface area contributed by atoms with Crippen molar-refractivity contribution >= 4 is 5.97 Å². The molecule has 0 aromatic carbocycles. The first-order chi connectivity index (χ1) is 22.5. The fraction of sp³-hybridized carbons (Fsp3) is 0.974. The average molecular weight is 680 g/mol. The van der Waals surface area contributed by atoms with Gasteiger partial charge in [0.25, 0.3) is 0 Å². The van der Waals surface area contributed by atoms with Gasteiger partial charge in [0.05, 0.1) is 43.7 Å². The van der Waals surface area contributed by atoms with Gasteiger partial charge in [-0.1, -0.05) is 20.8 Å². The second-order valence-electron chi connectivity index (χ2n) is 18.9. The third-order valence-corrected chi connectivity index (χ3v) is 15.5. The predicted octanol–water partition coefficient (Wildman–Crippen LogP) is 5.56. The maximum Gasteiger partial charge on any atom is 0.303 e. The Kier molecular flexibility index (Phi) is 9.78. The average Bonchev–Trinajstić information content (AvgIpc) is 3.61. The molecule has 12 atom stereocenters. The van der Waals surface area contributed by atoms with E-state index >= 15 is 0 Å². The summed E-state index contributed by atoms with van der Waals surface area (Å²) in [7, 11) is 1.00. The molecule has 7 aliphatic rings. The normalized spacial score (nSPS) is 45.6. The van der Waals surface area contributed by atoms with E-state index in [0.29, 0.717) is 47.2 Å². The Labute approximate surface area is 291 Å². The van der Waals surface area contributed by atoms with Crippen LogP contribution in [0.5, 0.6) is 0 Å². The van der Waals surface area contributed by atoms with Crippen LogP contribution in [0.1, 0.15) is 121 Å². The molecular weight excluding hydrogens is 610 g/mol. The Morgan fingerprint density at radius 1 is 0.979 bits per heavy atom. The van der Waals surface area contributed by atoms with E-state index in [4.69, 9.17) is 24.1 Å². The Balaban J connectivity index is 0.00000153. The number of fused-ring (bicyclic) bond motifs is 4. The lowest BCUT2D eigenvalue weighted by atomic mass is 9.46. The maximum atomic E-state index is 12.0. The fourth-order valence-corrected chi connectivity index (χ4v) is 13.1. The maximum absolute atomic E-state index is 12.0. The molecule has 3 N–H and O–H groups in total. The molecule has 2 spiro atoms. The molecule has 0 radical (unpaired) electrons. The summed E-state index contributed by atoms with van der Waals surface area (Å²) in [6.07, 6.45) is 11.3. The molecular formula is C39H69NO8. The van der Waals surface area contributed by atoms with E-state index in [1.54, 1.807) is 13.8 Å². The Bertz CT molecular complexity index is 1190. The number of hydrogen-bond acceptors (Lipinski definition) is 9. The van der Waals surface area contributed by atoms with Crippen LogP contribution in [-0.4, -0.2) is 101 Å². The van der Waals surface area contributed by atoms with Crippen LogP contribution >= 0.6 is 0 Å². The molecule has 9 unspecified atom stereocenters. The molecule has 9 heteroatoms. The zero-order valence-corrected chi connectivity index (χ0v) is 31.4. The van der Waals surface area contributed by atoms with Crippen LogP contribution in [-0.2, 0) is 23.7 Å². The number of hydrogen-bond donors (Lipinski definition) is 3. The van der Waals surface area contributed by atoms with E-state index in [-0.39, 0.29) is 49.6 Å². The molecule has 2 aliphatic heterocycles. The molecule has 0 amide bonds. The quantitative estimate of drug-likeness (QED) is 0.297. The van der Waals surface area contributed by atoms with Crippen molar-refractivity contribution < 1.29 is 40.5 Å². The minimum atomic E-state index is -1.14. The van der Waals surface area contributed by atoms with E-state index in [1.165, 1.54) is 45.4 Å². The summed E-state index contributed by atoms with van der Waals surface area (Å²) in [5.41, 5.74) is -0.113. The highest BCUT2D eigenvalue weighted by Gasteiger charge is 2.80. The fourth-order valence-electron chi connectivity index (χ4n) is 13.1. The highest BCUT2D eigenvalue weighted by Crippen LogP contribution is 2.87. The number of ether oxygens (including phenoxy) is 4. The van der Waals surface area contributed by atoms with Crippen molar-refractivity contribution in [1.82, 2.24) is 4.90 Å². The molecule has 278 valence electrons. The van der Waals surface area contributed by atoms with E-state index < -0.39 is 11.7 Å². The van der Waals surface area contributed by atoms with E-state index in [0.717, 1.165) is 45.3 Å². The van der Waals surface area contributed by atoms with Gasteiger partial charge in [-0.05, 0) is 137 Å². The summed E-state index contributed by atoms with van der Waals surface area (Å²) in [6, 6.07) is 0. The smallest absolute Gasteiger partial charge is 0.303 e. The minimum Gasteiger partial charge on any atom is -0.457 e. The standard InChI is InChI=1S/C38H63NO7.CH4O.H2/c1-23(41)44-32(35(6,7)42)27-11-9-25-28(45-27)19-26-24-10-12-29-34(4,5)30(46-31-20-39(17-18-43-31)33(2,3)22-40)13-14-38(29)21-37(24,38)16-15-36(25,26)8;1-2;/h24-32,40,42H,9-22H2,1-8H3;2H,1H3;1H/t24?,25?,26?,27?,28?,29?,30-,31?,32-,36?,37-,38?;;/m0../s1. The highest BCUT2D eigenvalue weighted by atomic mass is 16.7. The van der Waals surface area contributed by atoms with E-state index in [9.17, 15) is 15.0 Å². The van der Waals surface area contributed by atoms with Gasteiger partial charge in [-0.15, -0.1) is 0 Å². The van der Waals surface area contributed by atoms with Gasteiger partial charge in [-0.25, -0.2) is 0 Å². The van der Waals surface area contributed by atoms with Crippen molar-refractivity contribution in [2.24, 2.45) is 45.3 Å². The van der Waals surface area contributed by atoms with Crippen LogP contribution < -0.4 is 0 Å². The molecule has 2 saturated heterocycles. The van der Waals surface area contributed by atoms with Gasteiger partial charge in [-0.3, -0.25) is 9.69 Å². The van der Waals surface area contributed by atoms with Crippen molar-refractivity contribution in [2.75, 3.05) is 33.4 Å². The summed E-state index contributed by atoms with van der Waals surface area (Å²) in [5, 5.41) is 27.9. The molecule has 48 heavy (non-hydrogen) atoms. The molecule has 7 fully saturated rings. The van der Waals surface area contributed by atoms with Gasteiger partial charge in [0.1, 0.15) is 0 Å². The van der Waals surface area contributed by atoms with Gasteiger partial charge >= 0.3 is 5.97 Å². The molecule has 0 aromatic rings. The molecule has 0 bridgehead atoms. The number of nitrogens with zero attached hydrogens (tertiary/aromatic N) is 1. The second kappa shape index (κ2) is 12.7. The Morgan fingerprint density at radius 2 is 1.69 bits per heavy atom. The van der Waals surface area contributed by atoms with Crippen molar-refractivity contribution in [1.29, 1.82) is 0 Å². The lowest BCUT2D eigenvalue weighted by Crippen LogP contribution is -2.58. The predicted molar refractivity (Wildman–Crippen MR) is 185 cm³/mol.